The Bertz CT molecular complexity index is 1010. The van der Waals surface area contributed by atoms with Gasteiger partial charge in [0.15, 0.2) is 0 Å². The molecule has 0 radical (unpaired) electrons. The number of likely N-dealkylation sites (tertiary alicyclic amines) is 1. The minimum Gasteiger partial charge on any atom is -0.370 e. The van der Waals surface area contributed by atoms with Gasteiger partial charge in [-0.1, -0.05) is 12.1 Å². The Morgan fingerprint density at radius 2 is 1.76 bits per heavy atom. The summed E-state index contributed by atoms with van der Waals surface area (Å²) in [5.74, 6) is -0.0343. The number of nitrogens with one attached hydrogen (secondary N) is 2. The SMILES string of the molecule is CNC(=O)CCC(=O)N1CCC(c2nc(C(=O)Nc3ccccc3N3CCCCC3)cs2)CC1. The number of para-hydroxylation sites is 2. The topological polar surface area (TPSA) is 94.6 Å². The van der Waals surface area contributed by atoms with Crippen LogP contribution < -0.4 is 15.5 Å². The first-order valence-electron chi connectivity index (χ1n) is 12.1. The maximum atomic E-state index is 13.0. The summed E-state index contributed by atoms with van der Waals surface area (Å²) in [5, 5.41) is 8.39. The lowest BCUT2D eigenvalue weighted by molar-refractivity contribution is -0.134. The first-order valence-corrected chi connectivity index (χ1v) is 13.0. The highest BCUT2D eigenvalue weighted by atomic mass is 32.1. The van der Waals surface area contributed by atoms with Crippen molar-refractivity contribution in [3.63, 3.8) is 0 Å². The molecule has 0 saturated carbocycles. The zero-order chi connectivity index (χ0) is 23.9. The van der Waals surface area contributed by atoms with E-state index in [9.17, 15) is 14.4 Å². The smallest absolute Gasteiger partial charge is 0.275 e. The van der Waals surface area contributed by atoms with Gasteiger partial charge >= 0.3 is 0 Å². The number of rotatable bonds is 7. The van der Waals surface area contributed by atoms with E-state index < -0.39 is 0 Å². The van der Waals surface area contributed by atoms with Crippen LogP contribution >= 0.6 is 11.3 Å². The van der Waals surface area contributed by atoms with E-state index in [0.717, 1.165) is 42.3 Å². The van der Waals surface area contributed by atoms with E-state index in [0.29, 0.717) is 18.8 Å². The van der Waals surface area contributed by atoms with Crippen LogP contribution in [0.2, 0.25) is 0 Å². The van der Waals surface area contributed by atoms with Gasteiger partial charge in [0.1, 0.15) is 5.69 Å². The molecule has 34 heavy (non-hydrogen) atoms. The van der Waals surface area contributed by atoms with Crippen molar-refractivity contribution >= 4 is 40.4 Å². The molecule has 8 nitrogen and oxygen atoms in total. The van der Waals surface area contributed by atoms with Crippen molar-refractivity contribution in [3.8, 4) is 0 Å². The summed E-state index contributed by atoms with van der Waals surface area (Å²) < 4.78 is 0. The molecule has 4 rings (SSSR count). The zero-order valence-electron chi connectivity index (χ0n) is 19.7. The van der Waals surface area contributed by atoms with Crippen LogP contribution in [0, 0.1) is 0 Å². The third-order valence-electron chi connectivity index (χ3n) is 6.65. The van der Waals surface area contributed by atoms with Gasteiger partial charge in [0.25, 0.3) is 5.91 Å². The van der Waals surface area contributed by atoms with E-state index in [-0.39, 0.29) is 36.5 Å². The van der Waals surface area contributed by atoms with E-state index in [1.54, 1.807) is 7.05 Å². The van der Waals surface area contributed by atoms with E-state index in [1.807, 2.05) is 28.5 Å². The second-order valence-corrected chi connectivity index (χ2v) is 9.81. The molecule has 0 unspecified atom stereocenters. The Morgan fingerprint density at radius 3 is 2.50 bits per heavy atom. The van der Waals surface area contributed by atoms with Crippen LogP contribution in [0.25, 0.3) is 0 Å². The monoisotopic (exact) mass is 483 g/mol. The molecule has 2 aliphatic rings. The average Bonchev–Trinajstić information content (AvgIpc) is 3.38. The molecule has 0 spiro atoms. The Balaban J connectivity index is 1.32. The quantitative estimate of drug-likeness (QED) is 0.627. The van der Waals surface area contributed by atoms with Crippen LogP contribution in [0.3, 0.4) is 0 Å². The highest BCUT2D eigenvalue weighted by Gasteiger charge is 2.26. The zero-order valence-corrected chi connectivity index (χ0v) is 20.5. The van der Waals surface area contributed by atoms with Gasteiger partial charge in [-0.05, 0) is 44.2 Å². The van der Waals surface area contributed by atoms with Crippen LogP contribution in [0.15, 0.2) is 29.6 Å². The fourth-order valence-electron chi connectivity index (χ4n) is 4.64. The van der Waals surface area contributed by atoms with Crippen molar-refractivity contribution in [2.45, 2.75) is 50.9 Å². The Hall–Kier alpha value is -2.94. The molecule has 3 heterocycles. The predicted molar refractivity (Wildman–Crippen MR) is 134 cm³/mol. The van der Waals surface area contributed by atoms with E-state index in [1.165, 1.54) is 30.6 Å². The summed E-state index contributed by atoms with van der Waals surface area (Å²) >= 11 is 1.52. The summed E-state index contributed by atoms with van der Waals surface area (Å²) in [7, 11) is 1.58. The van der Waals surface area contributed by atoms with E-state index in [2.05, 4.69) is 26.6 Å². The number of hydrogen-bond donors (Lipinski definition) is 2. The molecule has 2 aliphatic heterocycles. The highest BCUT2D eigenvalue weighted by Crippen LogP contribution is 2.32. The van der Waals surface area contributed by atoms with Gasteiger partial charge < -0.3 is 20.4 Å². The second kappa shape index (κ2) is 11.5. The lowest BCUT2D eigenvalue weighted by Crippen LogP contribution is -2.38. The summed E-state index contributed by atoms with van der Waals surface area (Å²) in [6.45, 7) is 3.34. The third-order valence-corrected chi connectivity index (χ3v) is 7.65. The summed E-state index contributed by atoms with van der Waals surface area (Å²) in [6.07, 6.45) is 5.71. The first-order chi connectivity index (χ1) is 16.5. The van der Waals surface area contributed by atoms with Crippen LogP contribution in [-0.2, 0) is 9.59 Å². The average molecular weight is 484 g/mol. The number of carbonyl (C=O) groups is 3. The highest BCUT2D eigenvalue weighted by molar-refractivity contribution is 7.10. The van der Waals surface area contributed by atoms with Crippen LogP contribution in [0.5, 0.6) is 0 Å². The van der Waals surface area contributed by atoms with E-state index in [4.69, 9.17) is 0 Å². The van der Waals surface area contributed by atoms with Gasteiger partial charge in [0, 0.05) is 57.4 Å². The van der Waals surface area contributed by atoms with Crippen LogP contribution in [0.1, 0.15) is 66.4 Å². The molecule has 2 saturated heterocycles. The number of piperidine rings is 2. The third kappa shape index (κ3) is 5.94. The van der Waals surface area contributed by atoms with Crippen molar-refractivity contribution in [2.24, 2.45) is 0 Å². The second-order valence-electron chi connectivity index (χ2n) is 8.92. The largest absolute Gasteiger partial charge is 0.370 e. The molecule has 0 aliphatic carbocycles. The number of thiazole rings is 1. The molecular formula is C25H33N5O3S. The molecular weight excluding hydrogens is 450 g/mol. The molecule has 0 bridgehead atoms. The number of carbonyl (C=O) groups excluding carboxylic acids is 3. The molecule has 2 fully saturated rings. The van der Waals surface area contributed by atoms with Crippen molar-refractivity contribution in [1.82, 2.24) is 15.2 Å². The molecule has 2 aromatic rings. The normalized spacial score (nSPS) is 16.9. The maximum Gasteiger partial charge on any atom is 0.275 e. The van der Waals surface area contributed by atoms with Crippen LogP contribution in [-0.4, -0.2) is 60.8 Å². The van der Waals surface area contributed by atoms with Crippen molar-refractivity contribution in [2.75, 3.05) is 43.4 Å². The molecule has 2 N–H and O–H groups in total. The Kier molecular flexibility index (Phi) is 8.16. The maximum absolute atomic E-state index is 13.0. The Labute approximate surface area is 204 Å². The van der Waals surface area contributed by atoms with E-state index >= 15 is 0 Å². The predicted octanol–water partition coefficient (Wildman–Crippen LogP) is 3.62. The molecule has 1 aromatic carbocycles. The van der Waals surface area contributed by atoms with Gasteiger partial charge in [0.2, 0.25) is 11.8 Å². The number of nitrogens with zero attached hydrogens (tertiary/aromatic N) is 3. The molecule has 1 aromatic heterocycles. The Morgan fingerprint density at radius 1 is 1.03 bits per heavy atom. The van der Waals surface area contributed by atoms with Gasteiger partial charge in [-0.3, -0.25) is 14.4 Å². The van der Waals surface area contributed by atoms with Gasteiger partial charge in [-0.25, -0.2) is 4.98 Å². The van der Waals surface area contributed by atoms with Gasteiger partial charge in [-0.2, -0.15) is 0 Å². The number of amides is 3. The summed E-state index contributed by atoms with van der Waals surface area (Å²) in [5.41, 5.74) is 2.34. The number of anilines is 2. The number of hydrogen-bond acceptors (Lipinski definition) is 6. The minimum atomic E-state index is -0.186. The molecule has 3 amide bonds. The summed E-state index contributed by atoms with van der Waals surface area (Å²) in [6, 6.07) is 7.97. The molecule has 182 valence electrons. The lowest BCUT2D eigenvalue weighted by Gasteiger charge is -2.31. The van der Waals surface area contributed by atoms with Crippen molar-refractivity contribution in [3.05, 3.63) is 40.3 Å². The molecule has 0 atom stereocenters. The molecule has 9 heteroatoms. The lowest BCUT2D eigenvalue weighted by atomic mass is 9.97. The fraction of sp³-hybridized carbons (Fsp3) is 0.520. The van der Waals surface area contributed by atoms with Crippen molar-refractivity contribution in [1.29, 1.82) is 0 Å². The van der Waals surface area contributed by atoms with Crippen LogP contribution in [0.4, 0.5) is 11.4 Å². The fourth-order valence-corrected chi connectivity index (χ4v) is 5.61. The minimum absolute atomic E-state index is 0.0219. The van der Waals surface area contributed by atoms with Gasteiger partial charge in [0.05, 0.1) is 16.4 Å². The number of benzene rings is 1. The standard InChI is InChI=1S/C25H33N5O3S/c1-26-22(31)9-10-23(32)30-15-11-18(12-16-30)25-28-20(17-34-25)24(33)27-19-7-3-4-8-21(19)29-13-5-2-6-14-29/h3-4,7-8,17-18H,2,5-6,9-16H2,1H3,(H,26,31)(H,27,33). The summed E-state index contributed by atoms with van der Waals surface area (Å²) in [4.78, 5) is 45.5. The van der Waals surface area contributed by atoms with Crippen molar-refractivity contribution < 1.29 is 14.4 Å². The van der Waals surface area contributed by atoms with Gasteiger partial charge in [-0.15, -0.1) is 11.3 Å². The number of aromatic nitrogens is 1. The first kappa shape index (κ1) is 24.2.